The number of carbonyl (C=O) groups is 1. The standard InChI is InChI=1S/C13H22N2O/c1-11-3-9-4-12(2,6-11)8-13(5-9,7-11)15-10(14)16/h9H,3-8H2,1-2H3,(H3,14,15,16)/t9?,11-,12+,13?. The number of hydrogen-bond donors (Lipinski definition) is 2. The maximum atomic E-state index is 11.2. The Labute approximate surface area is 97.2 Å². The second-order valence-corrected chi connectivity index (χ2v) is 7.40. The average molecular weight is 222 g/mol. The molecule has 4 aliphatic carbocycles. The molecule has 0 aliphatic heterocycles. The summed E-state index contributed by atoms with van der Waals surface area (Å²) in [5.74, 6) is 0.804. The van der Waals surface area contributed by atoms with Gasteiger partial charge in [0.15, 0.2) is 0 Å². The molecule has 4 bridgehead atoms. The minimum atomic E-state index is -0.339. The van der Waals surface area contributed by atoms with Gasteiger partial charge in [0.25, 0.3) is 0 Å². The second kappa shape index (κ2) is 2.74. The number of hydrogen-bond acceptors (Lipinski definition) is 1. The van der Waals surface area contributed by atoms with E-state index in [1.165, 1.54) is 19.3 Å². The molecule has 0 heterocycles. The van der Waals surface area contributed by atoms with Crippen molar-refractivity contribution in [3.63, 3.8) is 0 Å². The van der Waals surface area contributed by atoms with Gasteiger partial charge in [-0.25, -0.2) is 4.79 Å². The first-order valence-electron chi connectivity index (χ1n) is 6.40. The van der Waals surface area contributed by atoms with Gasteiger partial charge in [0.05, 0.1) is 0 Å². The topological polar surface area (TPSA) is 55.1 Å². The minimum Gasteiger partial charge on any atom is -0.352 e. The Balaban J connectivity index is 1.95. The first-order chi connectivity index (χ1) is 7.32. The third kappa shape index (κ3) is 1.44. The number of rotatable bonds is 1. The molecule has 0 saturated heterocycles. The van der Waals surface area contributed by atoms with Crippen molar-refractivity contribution in [2.45, 2.75) is 57.9 Å². The quantitative estimate of drug-likeness (QED) is 0.703. The summed E-state index contributed by atoms with van der Waals surface area (Å²) in [7, 11) is 0. The van der Waals surface area contributed by atoms with E-state index in [1.807, 2.05) is 0 Å². The molecule has 2 amide bonds. The molecular weight excluding hydrogens is 200 g/mol. The van der Waals surface area contributed by atoms with Crippen molar-refractivity contribution >= 4 is 6.03 Å². The molecule has 4 saturated carbocycles. The van der Waals surface area contributed by atoms with Crippen molar-refractivity contribution < 1.29 is 4.79 Å². The highest BCUT2D eigenvalue weighted by atomic mass is 16.2. The number of urea groups is 1. The monoisotopic (exact) mass is 222 g/mol. The van der Waals surface area contributed by atoms with E-state index in [1.54, 1.807) is 0 Å². The summed E-state index contributed by atoms with van der Waals surface area (Å²) in [4.78, 5) is 11.2. The molecule has 0 aromatic rings. The molecule has 4 atom stereocenters. The second-order valence-electron chi connectivity index (χ2n) is 7.40. The molecule has 4 fully saturated rings. The van der Waals surface area contributed by atoms with Crippen molar-refractivity contribution in [1.82, 2.24) is 5.32 Å². The third-order valence-corrected chi connectivity index (χ3v) is 5.01. The van der Waals surface area contributed by atoms with Crippen LogP contribution < -0.4 is 11.1 Å². The summed E-state index contributed by atoms with van der Waals surface area (Å²) < 4.78 is 0. The Morgan fingerprint density at radius 2 is 1.69 bits per heavy atom. The van der Waals surface area contributed by atoms with Gasteiger partial charge in [-0.2, -0.15) is 0 Å². The third-order valence-electron chi connectivity index (χ3n) is 5.01. The van der Waals surface area contributed by atoms with E-state index in [0.717, 1.165) is 25.2 Å². The minimum absolute atomic E-state index is 0.0226. The summed E-state index contributed by atoms with van der Waals surface area (Å²) in [6.07, 6.45) is 7.46. The van der Waals surface area contributed by atoms with Crippen molar-refractivity contribution in [3.8, 4) is 0 Å². The Kier molecular flexibility index (Phi) is 1.79. The molecule has 4 aliphatic rings. The lowest BCUT2D eigenvalue weighted by Gasteiger charge is -2.65. The van der Waals surface area contributed by atoms with Gasteiger partial charge in [0, 0.05) is 5.54 Å². The van der Waals surface area contributed by atoms with Crippen LogP contribution in [-0.4, -0.2) is 11.6 Å². The fourth-order valence-corrected chi connectivity index (χ4v) is 5.85. The van der Waals surface area contributed by atoms with Crippen LogP contribution in [0, 0.1) is 16.7 Å². The summed E-state index contributed by atoms with van der Waals surface area (Å²) >= 11 is 0. The predicted octanol–water partition coefficient (Wildman–Crippen LogP) is 2.40. The highest BCUT2D eigenvalue weighted by molar-refractivity contribution is 5.72. The number of nitrogens with two attached hydrogens (primary N) is 1. The van der Waals surface area contributed by atoms with Crippen LogP contribution in [0.2, 0.25) is 0 Å². The van der Waals surface area contributed by atoms with Crippen LogP contribution in [0.3, 0.4) is 0 Å². The number of amides is 2. The van der Waals surface area contributed by atoms with E-state index < -0.39 is 0 Å². The molecule has 2 unspecified atom stereocenters. The summed E-state index contributed by atoms with van der Waals surface area (Å²) in [6, 6.07) is -0.339. The van der Waals surface area contributed by atoms with Gasteiger partial charge in [0.2, 0.25) is 0 Å². The van der Waals surface area contributed by atoms with Crippen LogP contribution in [0.15, 0.2) is 0 Å². The Bertz CT molecular complexity index is 334. The smallest absolute Gasteiger partial charge is 0.312 e. The molecule has 3 heteroatoms. The van der Waals surface area contributed by atoms with Gasteiger partial charge in [-0.05, 0) is 55.3 Å². The maximum Gasteiger partial charge on any atom is 0.312 e. The van der Waals surface area contributed by atoms with Crippen LogP contribution in [0.5, 0.6) is 0 Å². The lowest BCUT2D eigenvalue weighted by molar-refractivity contribution is -0.113. The Morgan fingerprint density at radius 1 is 1.12 bits per heavy atom. The van der Waals surface area contributed by atoms with Gasteiger partial charge >= 0.3 is 6.03 Å². The highest BCUT2D eigenvalue weighted by Crippen LogP contribution is 2.66. The van der Waals surface area contributed by atoms with Crippen molar-refractivity contribution in [2.24, 2.45) is 22.5 Å². The zero-order chi connectivity index (χ0) is 11.6. The first-order valence-corrected chi connectivity index (χ1v) is 6.40. The zero-order valence-electron chi connectivity index (χ0n) is 10.3. The molecular formula is C13H22N2O. The maximum absolute atomic E-state index is 11.2. The molecule has 16 heavy (non-hydrogen) atoms. The number of primary amides is 1. The van der Waals surface area contributed by atoms with Crippen molar-refractivity contribution in [1.29, 1.82) is 0 Å². The van der Waals surface area contributed by atoms with Gasteiger partial charge in [-0.3, -0.25) is 0 Å². The molecule has 4 rings (SSSR count). The molecule has 0 aromatic carbocycles. The molecule has 0 radical (unpaired) electrons. The van der Waals surface area contributed by atoms with Crippen LogP contribution >= 0.6 is 0 Å². The average Bonchev–Trinajstić information content (AvgIpc) is 1.91. The van der Waals surface area contributed by atoms with E-state index in [2.05, 4.69) is 19.2 Å². The molecule has 3 N–H and O–H groups in total. The normalized spacial score (nSPS) is 54.0. The first kappa shape index (κ1) is 10.4. The van der Waals surface area contributed by atoms with Crippen molar-refractivity contribution in [3.05, 3.63) is 0 Å². The van der Waals surface area contributed by atoms with Crippen LogP contribution in [0.4, 0.5) is 4.79 Å². The fourth-order valence-electron chi connectivity index (χ4n) is 5.85. The van der Waals surface area contributed by atoms with Crippen LogP contribution in [0.25, 0.3) is 0 Å². The molecule has 3 nitrogen and oxygen atoms in total. The van der Waals surface area contributed by atoms with Crippen LogP contribution in [-0.2, 0) is 0 Å². The Morgan fingerprint density at radius 3 is 2.12 bits per heavy atom. The van der Waals surface area contributed by atoms with Crippen molar-refractivity contribution in [2.75, 3.05) is 0 Å². The molecule has 0 spiro atoms. The van der Waals surface area contributed by atoms with E-state index in [4.69, 9.17) is 5.73 Å². The van der Waals surface area contributed by atoms with E-state index in [-0.39, 0.29) is 11.6 Å². The molecule has 90 valence electrons. The zero-order valence-corrected chi connectivity index (χ0v) is 10.3. The largest absolute Gasteiger partial charge is 0.352 e. The van der Waals surface area contributed by atoms with Gasteiger partial charge in [0.1, 0.15) is 0 Å². The lowest BCUT2D eigenvalue weighted by Crippen LogP contribution is -2.65. The fraction of sp³-hybridized carbons (Fsp3) is 0.923. The predicted molar refractivity (Wildman–Crippen MR) is 62.9 cm³/mol. The Hall–Kier alpha value is -0.730. The number of nitrogens with one attached hydrogen (secondary N) is 1. The highest BCUT2D eigenvalue weighted by Gasteiger charge is 2.60. The van der Waals surface area contributed by atoms with Crippen LogP contribution in [0.1, 0.15) is 52.4 Å². The van der Waals surface area contributed by atoms with E-state index in [9.17, 15) is 4.79 Å². The van der Waals surface area contributed by atoms with Gasteiger partial charge < -0.3 is 11.1 Å². The lowest BCUT2D eigenvalue weighted by atomic mass is 9.43. The summed E-state index contributed by atoms with van der Waals surface area (Å²) in [6.45, 7) is 4.79. The SMILES string of the molecule is C[C@]12CC3CC(NC(N)=O)(C1)C[C@@](C)(C3)C2. The summed E-state index contributed by atoms with van der Waals surface area (Å²) in [5.41, 5.74) is 6.25. The van der Waals surface area contributed by atoms with Gasteiger partial charge in [-0.1, -0.05) is 13.8 Å². The number of carbonyl (C=O) groups excluding carboxylic acids is 1. The summed E-state index contributed by atoms with van der Waals surface area (Å²) in [5, 5.41) is 3.08. The van der Waals surface area contributed by atoms with Gasteiger partial charge in [-0.15, -0.1) is 0 Å². The van der Waals surface area contributed by atoms with E-state index in [0.29, 0.717) is 10.8 Å². The van der Waals surface area contributed by atoms with E-state index >= 15 is 0 Å². The molecule has 0 aromatic heterocycles.